The lowest BCUT2D eigenvalue weighted by atomic mass is 9.98. The Kier molecular flexibility index (Phi) is 2.53. The molecule has 0 aromatic heterocycles. The third kappa shape index (κ3) is 1.79. The van der Waals surface area contributed by atoms with Crippen LogP contribution in [0, 0.1) is 0 Å². The van der Waals surface area contributed by atoms with Crippen LogP contribution in [0.1, 0.15) is 37.3 Å². The smallest absolute Gasteiger partial charge is 0.122 e. The van der Waals surface area contributed by atoms with Crippen LogP contribution < -0.4 is 0 Å². The zero-order chi connectivity index (χ0) is 9.97. The molecule has 2 nitrogen and oxygen atoms in total. The van der Waals surface area contributed by atoms with Crippen molar-refractivity contribution in [1.82, 2.24) is 0 Å². The van der Waals surface area contributed by atoms with E-state index in [0.717, 1.165) is 18.7 Å². The Labute approximate surface area is 84.6 Å². The Morgan fingerprint density at radius 1 is 1.36 bits per heavy atom. The van der Waals surface area contributed by atoms with Gasteiger partial charge >= 0.3 is 0 Å². The van der Waals surface area contributed by atoms with Crippen LogP contribution in [0.25, 0.3) is 0 Å². The molecule has 1 aromatic rings. The van der Waals surface area contributed by atoms with Gasteiger partial charge in [0.1, 0.15) is 6.61 Å². The third-order valence-corrected chi connectivity index (χ3v) is 2.49. The first-order chi connectivity index (χ1) is 6.77. The van der Waals surface area contributed by atoms with Gasteiger partial charge in [0.15, 0.2) is 0 Å². The van der Waals surface area contributed by atoms with E-state index >= 15 is 0 Å². The molecule has 0 atom stereocenters. The number of hydrogen-bond donors (Lipinski definition) is 0. The molecule has 1 aliphatic heterocycles. The first-order valence-corrected chi connectivity index (χ1v) is 5.06. The van der Waals surface area contributed by atoms with E-state index in [1.165, 1.54) is 11.1 Å². The molecule has 74 valence electrons. The van der Waals surface area contributed by atoms with Crippen molar-refractivity contribution in [1.29, 1.82) is 0 Å². The van der Waals surface area contributed by atoms with Gasteiger partial charge in [0, 0.05) is 6.42 Å². The second-order valence-corrected chi connectivity index (χ2v) is 3.90. The van der Waals surface area contributed by atoms with E-state index in [1.54, 1.807) is 0 Å². The van der Waals surface area contributed by atoms with Crippen molar-refractivity contribution in [3.63, 3.8) is 0 Å². The van der Waals surface area contributed by atoms with Gasteiger partial charge in [-0.25, -0.2) is 0 Å². The fourth-order valence-electron chi connectivity index (χ4n) is 1.59. The summed E-state index contributed by atoms with van der Waals surface area (Å²) in [4.78, 5) is 5.00. The van der Waals surface area contributed by atoms with Gasteiger partial charge in [-0.2, -0.15) is 0 Å². The van der Waals surface area contributed by atoms with Gasteiger partial charge in [-0.1, -0.05) is 37.2 Å². The fourth-order valence-corrected chi connectivity index (χ4v) is 1.59. The molecule has 0 saturated carbocycles. The number of benzene rings is 1. The summed E-state index contributed by atoms with van der Waals surface area (Å²) >= 11 is 0. The highest BCUT2D eigenvalue weighted by molar-refractivity contribution is 6.01. The van der Waals surface area contributed by atoms with E-state index in [0.29, 0.717) is 5.92 Å². The van der Waals surface area contributed by atoms with Crippen LogP contribution in [0.5, 0.6) is 0 Å². The van der Waals surface area contributed by atoms with E-state index in [2.05, 4.69) is 43.3 Å². The molecule has 0 amide bonds. The molecular formula is C12H15NO. The molecule has 2 heteroatoms. The maximum absolute atomic E-state index is 5.00. The van der Waals surface area contributed by atoms with Crippen LogP contribution in [0.3, 0.4) is 0 Å². The Bertz CT molecular complexity index is 355. The highest BCUT2D eigenvalue weighted by atomic mass is 16.6. The Balaban J connectivity index is 2.30. The summed E-state index contributed by atoms with van der Waals surface area (Å²) in [5, 5.41) is 4.02. The minimum absolute atomic E-state index is 0.567. The van der Waals surface area contributed by atoms with E-state index in [1.807, 2.05) is 0 Å². The molecule has 1 heterocycles. The van der Waals surface area contributed by atoms with Gasteiger partial charge < -0.3 is 4.84 Å². The van der Waals surface area contributed by atoms with Gasteiger partial charge in [-0.05, 0) is 23.1 Å². The third-order valence-electron chi connectivity index (χ3n) is 2.49. The second-order valence-electron chi connectivity index (χ2n) is 3.90. The zero-order valence-corrected chi connectivity index (χ0v) is 8.66. The summed E-state index contributed by atoms with van der Waals surface area (Å²) in [5.74, 6) is 0.567. The van der Waals surface area contributed by atoms with Crippen molar-refractivity contribution in [3.05, 3.63) is 35.4 Å². The van der Waals surface area contributed by atoms with Gasteiger partial charge in [-0.3, -0.25) is 0 Å². The summed E-state index contributed by atoms with van der Waals surface area (Å²) in [5.41, 5.74) is 3.64. The molecule has 0 unspecified atom stereocenters. The van der Waals surface area contributed by atoms with E-state index < -0.39 is 0 Å². The maximum atomic E-state index is 5.00. The molecule has 0 N–H and O–H groups in total. The molecule has 14 heavy (non-hydrogen) atoms. The Hall–Kier alpha value is -1.31. The number of oxime groups is 1. The lowest BCUT2D eigenvalue weighted by Gasteiger charge is -2.06. The Morgan fingerprint density at radius 2 is 2.21 bits per heavy atom. The van der Waals surface area contributed by atoms with Gasteiger partial charge in [0.05, 0.1) is 5.71 Å². The molecule has 0 fully saturated rings. The topological polar surface area (TPSA) is 21.6 Å². The lowest BCUT2D eigenvalue weighted by molar-refractivity contribution is 0.174. The Morgan fingerprint density at radius 3 is 2.86 bits per heavy atom. The average Bonchev–Trinajstić information content (AvgIpc) is 2.71. The monoisotopic (exact) mass is 189 g/mol. The highest BCUT2D eigenvalue weighted by Crippen LogP contribution is 2.18. The van der Waals surface area contributed by atoms with Crippen LogP contribution >= 0.6 is 0 Å². The van der Waals surface area contributed by atoms with Crippen molar-refractivity contribution >= 4 is 5.71 Å². The van der Waals surface area contributed by atoms with Crippen molar-refractivity contribution in [3.8, 4) is 0 Å². The molecule has 0 bridgehead atoms. The SMILES string of the molecule is CC(C)c1cccc(C2=NOCC2)c1. The first-order valence-electron chi connectivity index (χ1n) is 5.06. The van der Waals surface area contributed by atoms with Crippen LogP contribution in [-0.2, 0) is 4.84 Å². The molecule has 0 spiro atoms. The lowest BCUT2D eigenvalue weighted by Crippen LogP contribution is -1.98. The minimum atomic E-state index is 0.567. The summed E-state index contributed by atoms with van der Waals surface area (Å²) in [6.07, 6.45) is 0.932. The highest BCUT2D eigenvalue weighted by Gasteiger charge is 2.11. The van der Waals surface area contributed by atoms with Crippen LogP contribution in [-0.4, -0.2) is 12.3 Å². The fraction of sp³-hybridized carbons (Fsp3) is 0.417. The molecule has 0 radical (unpaired) electrons. The largest absolute Gasteiger partial charge is 0.395 e. The van der Waals surface area contributed by atoms with Gasteiger partial charge in [0.25, 0.3) is 0 Å². The van der Waals surface area contributed by atoms with E-state index in [9.17, 15) is 0 Å². The molecule has 0 saturated heterocycles. The number of nitrogens with zero attached hydrogens (tertiary/aromatic N) is 1. The van der Waals surface area contributed by atoms with Crippen LogP contribution in [0.4, 0.5) is 0 Å². The predicted octanol–water partition coefficient (Wildman–Crippen LogP) is 2.93. The molecule has 2 rings (SSSR count). The van der Waals surface area contributed by atoms with Crippen molar-refractivity contribution in [2.24, 2.45) is 5.16 Å². The van der Waals surface area contributed by atoms with Crippen LogP contribution in [0.15, 0.2) is 29.4 Å². The van der Waals surface area contributed by atoms with Crippen molar-refractivity contribution in [2.45, 2.75) is 26.2 Å². The standard InChI is InChI=1S/C12H15NO/c1-9(2)10-4-3-5-11(8-10)12-6-7-14-13-12/h3-5,8-9H,6-7H2,1-2H3. The van der Waals surface area contributed by atoms with Crippen molar-refractivity contribution in [2.75, 3.05) is 6.61 Å². The minimum Gasteiger partial charge on any atom is -0.395 e. The predicted molar refractivity (Wildman–Crippen MR) is 57.6 cm³/mol. The second kappa shape index (κ2) is 3.82. The van der Waals surface area contributed by atoms with E-state index in [4.69, 9.17) is 4.84 Å². The molecule has 1 aromatic carbocycles. The van der Waals surface area contributed by atoms with Crippen LogP contribution in [0.2, 0.25) is 0 Å². The van der Waals surface area contributed by atoms with Crippen molar-refractivity contribution < 1.29 is 4.84 Å². The summed E-state index contributed by atoms with van der Waals surface area (Å²) < 4.78 is 0. The summed E-state index contributed by atoms with van der Waals surface area (Å²) in [6, 6.07) is 8.55. The van der Waals surface area contributed by atoms with Gasteiger partial charge in [-0.15, -0.1) is 0 Å². The number of hydrogen-bond acceptors (Lipinski definition) is 2. The number of rotatable bonds is 2. The quantitative estimate of drug-likeness (QED) is 0.701. The van der Waals surface area contributed by atoms with E-state index in [-0.39, 0.29) is 0 Å². The first kappa shape index (κ1) is 9.25. The molecule has 0 aliphatic carbocycles. The zero-order valence-electron chi connectivity index (χ0n) is 8.66. The van der Waals surface area contributed by atoms with Gasteiger partial charge in [0.2, 0.25) is 0 Å². The normalized spacial score (nSPS) is 15.5. The summed E-state index contributed by atoms with van der Waals surface area (Å²) in [7, 11) is 0. The molecule has 1 aliphatic rings. The maximum Gasteiger partial charge on any atom is 0.122 e. The summed E-state index contributed by atoms with van der Waals surface area (Å²) in [6.45, 7) is 5.12. The molecular weight excluding hydrogens is 174 g/mol. The average molecular weight is 189 g/mol.